The van der Waals surface area contributed by atoms with Crippen molar-refractivity contribution in [3.63, 3.8) is 0 Å². The molecule has 0 saturated heterocycles. The van der Waals surface area contributed by atoms with E-state index in [1.165, 1.54) is 18.0 Å². The zero-order valence-corrected chi connectivity index (χ0v) is 11.9. The lowest BCUT2D eigenvalue weighted by Gasteiger charge is -2.08. The summed E-state index contributed by atoms with van der Waals surface area (Å²) in [6.07, 6.45) is 3.88. The number of carbonyl (C=O) groups excluding carboxylic acids is 1. The number of hydrogen-bond acceptors (Lipinski definition) is 4. The van der Waals surface area contributed by atoms with Gasteiger partial charge in [-0.3, -0.25) is 4.79 Å². The van der Waals surface area contributed by atoms with Crippen molar-refractivity contribution in [2.24, 2.45) is 5.73 Å². The number of fused-ring (bicyclic) bond motifs is 1. The maximum atomic E-state index is 11.4. The zero-order valence-electron chi connectivity index (χ0n) is 11.9. The van der Waals surface area contributed by atoms with Gasteiger partial charge < -0.3 is 10.8 Å². The number of aromatic hydroxyl groups is 1. The van der Waals surface area contributed by atoms with Gasteiger partial charge in [0, 0.05) is 11.8 Å². The highest BCUT2D eigenvalue weighted by Crippen LogP contribution is 2.23. The van der Waals surface area contributed by atoms with Gasteiger partial charge in [0.2, 0.25) is 0 Å². The average Bonchev–Trinajstić information content (AvgIpc) is 2.97. The van der Waals surface area contributed by atoms with Crippen LogP contribution in [0.15, 0.2) is 42.7 Å². The lowest BCUT2D eigenvalue weighted by Crippen LogP contribution is -2.14. The van der Waals surface area contributed by atoms with E-state index >= 15 is 0 Å². The predicted molar refractivity (Wildman–Crippen MR) is 81.6 cm³/mol. The van der Waals surface area contributed by atoms with Crippen molar-refractivity contribution in [2.75, 3.05) is 0 Å². The molecule has 1 amide bonds. The van der Waals surface area contributed by atoms with Crippen molar-refractivity contribution in [3.8, 4) is 5.75 Å². The molecular weight excluding hydrogens is 280 g/mol. The molecular formula is C16H16N4O2. The van der Waals surface area contributed by atoms with Gasteiger partial charge in [-0.25, -0.2) is 9.50 Å². The molecule has 0 aliphatic carbocycles. The minimum Gasteiger partial charge on any atom is -0.507 e. The molecule has 22 heavy (non-hydrogen) atoms. The van der Waals surface area contributed by atoms with Gasteiger partial charge >= 0.3 is 0 Å². The summed E-state index contributed by atoms with van der Waals surface area (Å²) in [4.78, 5) is 15.4. The number of aryl methyl sites for hydroxylation is 2. The number of nitrogens with two attached hydrogens (primary N) is 1. The van der Waals surface area contributed by atoms with Gasteiger partial charge in [-0.2, -0.15) is 5.10 Å². The molecule has 2 aromatic heterocycles. The van der Waals surface area contributed by atoms with Crippen LogP contribution in [0.1, 0.15) is 28.0 Å². The minimum atomic E-state index is -0.716. The average molecular weight is 296 g/mol. The van der Waals surface area contributed by atoms with Gasteiger partial charge in [0.1, 0.15) is 17.6 Å². The second-order valence-electron chi connectivity index (χ2n) is 5.09. The van der Waals surface area contributed by atoms with Crippen LogP contribution in [0, 0.1) is 0 Å². The summed E-state index contributed by atoms with van der Waals surface area (Å²) in [5.41, 5.74) is 7.64. The SMILES string of the molecule is NC(=O)c1c(O)cc(CCCc2ccccc2)n2ncnc12. The van der Waals surface area contributed by atoms with E-state index in [4.69, 9.17) is 5.73 Å². The van der Waals surface area contributed by atoms with E-state index in [0.29, 0.717) is 12.1 Å². The molecule has 0 spiro atoms. The van der Waals surface area contributed by atoms with Crippen LogP contribution in [0.5, 0.6) is 5.75 Å². The molecule has 3 N–H and O–H groups in total. The van der Waals surface area contributed by atoms with Crippen molar-refractivity contribution in [1.29, 1.82) is 0 Å². The molecule has 0 bridgehead atoms. The maximum Gasteiger partial charge on any atom is 0.256 e. The van der Waals surface area contributed by atoms with Crippen LogP contribution in [0.3, 0.4) is 0 Å². The van der Waals surface area contributed by atoms with Crippen LogP contribution < -0.4 is 5.73 Å². The fourth-order valence-corrected chi connectivity index (χ4v) is 2.56. The molecule has 0 radical (unpaired) electrons. The molecule has 0 unspecified atom stereocenters. The Morgan fingerprint density at radius 3 is 2.73 bits per heavy atom. The monoisotopic (exact) mass is 296 g/mol. The molecule has 0 atom stereocenters. The highest BCUT2D eigenvalue weighted by atomic mass is 16.3. The van der Waals surface area contributed by atoms with Crippen LogP contribution >= 0.6 is 0 Å². The topological polar surface area (TPSA) is 93.5 Å². The Bertz CT molecular complexity index is 812. The molecule has 3 rings (SSSR count). The molecule has 0 fully saturated rings. The number of primary amides is 1. The van der Waals surface area contributed by atoms with Crippen molar-refractivity contribution in [2.45, 2.75) is 19.3 Å². The lowest BCUT2D eigenvalue weighted by molar-refractivity contribution is 0.0999. The molecule has 1 aromatic carbocycles. The Balaban J connectivity index is 1.84. The molecule has 0 aliphatic rings. The Morgan fingerprint density at radius 1 is 1.23 bits per heavy atom. The molecule has 6 heteroatoms. The van der Waals surface area contributed by atoms with Gasteiger partial charge in [0.05, 0.1) is 0 Å². The molecule has 3 aromatic rings. The van der Waals surface area contributed by atoms with Crippen molar-refractivity contribution in [1.82, 2.24) is 14.6 Å². The first-order valence-corrected chi connectivity index (χ1v) is 7.05. The fraction of sp³-hybridized carbons (Fsp3) is 0.188. The highest BCUT2D eigenvalue weighted by molar-refractivity contribution is 6.01. The normalized spacial score (nSPS) is 10.9. The molecule has 112 valence electrons. The van der Waals surface area contributed by atoms with Crippen molar-refractivity contribution in [3.05, 3.63) is 59.5 Å². The summed E-state index contributed by atoms with van der Waals surface area (Å²) in [6.45, 7) is 0. The number of hydrogen-bond donors (Lipinski definition) is 2. The Morgan fingerprint density at radius 2 is 2.00 bits per heavy atom. The fourth-order valence-electron chi connectivity index (χ4n) is 2.56. The first kappa shape index (κ1) is 14.1. The smallest absolute Gasteiger partial charge is 0.256 e. The van der Waals surface area contributed by atoms with E-state index in [-0.39, 0.29) is 11.3 Å². The van der Waals surface area contributed by atoms with E-state index in [1.807, 2.05) is 18.2 Å². The highest BCUT2D eigenvalue weighted by Gasteiger charge is 2.17. The number of carbonyl (C=O) groups is 1. The first-order chi connectivity index (χ1) is 10.7. The lowest BCUT2D eigenvalue weighted by atomic mass is 10.1. The summed E-state index contributed by atoms with van der Waals surface area (Å²) < 4.78 is 1.56. The summed E-state index contributed by atoms with van der Waals surface area (Å²) >= 11 is 0. The third-order valence-electron chi connectivity index (χ3n) is 3.59. The Kier molecular flexibility index (Phi) is 3.74. The van der Waals surface area contributed by atoms with E-state index in [1.54, 1.807) is 4.52 Å². The zero-order chi connectivity index (χ0) is 15.5. The standard InChI is InChI=1S/C16H16N4O2/c17-15(22)14-13(21)9-12(20-16(14)18-10-19-20)8-4-7-11-5-2-1-3-6-11/h1-3,5-6,9-10,21H,4,7-8H2,(H2,17,22). The number of nitrogens with zero attached hydrogens (tertiary/aromatic N) is 3. The number of aromatic nitrogens is 3. The third kappa shape index (κ3) is 2.63. The van der Waals surface area contributed by atoms with Gasteiger partial charge in [-0.15, -0.1) is 0 Å². The van der Waals surface area contributed by atoms with Gasteiger partial charge in [-0.05, 0) is 24.8 Å². The van der Waals surface area contributed by atoms with Crippen molar-refractivity contribution < 1.29 is 9.90 Å². The van der Waals surface area contributed by atoms with Crippen LogP contribution in [0.2, 0.25) is 0 Å². The summed E-state index contributed by atoms with van der Waals surface area (Å²) in [5.74, 6) is -0.867. The maximum absolute atomic E-state index is 11.4. The molecule has 6 nitrogen and oxygen atoms in total. The van der Waals surface area contributed by atoms with E-state index in [9.17, 15) is 9.90 Å². The molecule has 2 heterocycles. The van der Waals surface area contributed by atoms with Crippen LogP contribution in [0.4, 0.5) is 0 Å². The summed E-state index contributed by atoms with van der Waals surface area (Å²) in [7, 11) is 0. The second kappa shape index (κ2) is 5.85. The van der Waals surface area contributed by atoms with Crippen LogP contribution in [0.25, 0.3) is 5.65 Å². The Hall–Kier alpha value is -2.89. The van der Waals surface area contributed by atoms with E-state index in [0.717, 1.165) is 18.5 Å². The quantitative estimate of drug-likeness (QED) is 0.749. The summed E-state index contributed by atoms with van der Waals surface area (Å²) in [6, 6.07) is 11.7. The van der Waals surface area contributed by atoms with Crippen LogP contribution in [-0.2, 0) is 12.8 Å². The van der Waals surface area contributed by atoms with Gasteiger partial charge in [0.25, 0.3) is 5.91 Å². The number of rotatable bonds is 5. The summed E-state index contributed by atoms with van der Waals surface area (Å²) in [5, 5.41) is 14.1. The molecule has 0 saturated carbocycles. The Labute approximate surface area is 127 Å². The largest absolute Gasteiger partial charge is 0.507 e. The second-order valence-corrected chi connectivity index (χ2v) is 5.09. The molecule has 0 aliphatic heterocycles. The first-order valence-electron chi connectivity index (χ1n) is 7.05. The van der Waals surface area contributed by atoms with E-state index < -0.39 is 5.91 Å². The third-order valence-corrected chi connectivity index (χ3v) is 3.59. The predicted octanol–water partition coefficient (Wildman–Crippen LogP) is 1.71. The van der Waals surface area contributed by atoms with Gasteiger partial charge in [-0.1, -0.05) is 30.3 Å². The number of benzene rings is 1. The van der Waals surface area contributed by atoms with E-state index in [2.05, 4.69) is 22.2 Å². The minimum absolute atomic E-state index is 0.00399. The van der Waals surface area contributed by atoms with Crippen molar-refractivity contribution >= 4 is 11.6 Å². The van der Waals surface area contributed by atoms with Gasteiger partial charge in [0.15, 0.2) is 5.65 Å². The number of pyridine rings is 1. The number of amides is 1. The van der Waals surface area contributed by atoms with Crippen LogP contribution in [-0.4, -0.2) is 25.6 Å².